The smallest absolute Gasteiger partial charge is 0.271 e. The predicted molar refractivity (Wildman–Crippen MR) is 102 cm³/mol. The van der Waals surface area contributed by atoms with E-state index in [-0.39, 0.29) is 11.6 Å². The summed E-state index contributed by atoms with van der Waals surface area (Å²) in [6.45, 7) is 2.48. The highest BCUT2D eigenvalue weighted by molar-refractivity contribution is 9.10. The van der Waals surface area contributed by atoms with Gasteiger partial charge in [-0.3, -0.25) is 4.79 Å². The van der Waals surface area contributed by atoms with E-state index in [1.807, 2.05) is 55.5 Å². The first kappa shape index (κ1) is 17.1. The van der Waals surface area contributed by atoms with Gasteiger partial charge in [0.15, 0.2) is 0 Å². The minimum absolute atomic E-state index is 0.249. The van der Waals surface area contributed by atoms with Crippen LogP contribution in [0, 0.1) is 6.92 Å². The van der Waals surface area contributed by atoms with Crippen molar-refractivity contribution < 1.29 is 4.79 Å². The Bertz CT molecular complexity index is 866. The molecule has 1 aromatic heterocycles. The molecule has 0 aliphatic heterocycles. The Morgan fingerprint density at radius 3 is 2.56 bits per heavy atom. The minimum atomic E-state index is -0.249. The van der Waals surface area contributed by atoms with Crippen molar-refractivity contribution in [1.82, 2.24) is 15.3 Å². The van der Waals surface area contributed by atoms with Crippen molar-refractivity contribution in [3.63, 3.8) is 0 Å². The second-order valence-corrected chi connectivity index (χ2v) is 6.40. The Morgan fingerprint density at radius 1 is 1.08 bits per heavy atom. The van der Waals surface area contributed by atoms with Gasteiger partial charge in [-0.15, -0.1) is 0 Å². The van der Waals surface area contributed by atoms with Crippen LogP contribution < -0.4 is 10.6 Å². The van der Waals surface area contributed by atoms with Gasteiger partial charge in [0.25, 0.3) is 5.91 Å². The van der Waals surface area contributed by atoms with Gasteiger partial charge >= 0.3 is 0 Å². The van der Waals surface area contributed by atoms with Crippen molar-refractivity contribution in [3.8, 4) is 0 Å². The zero-order valence-corrected chi connectivity index (χ0v) is 15.2. The fourth-order valence-electron chi connectivity index (χ4n) is 2.20. The molecule has 0 radical (unpaired) electrons. The van der Waals surface area contributed by atoms with Crippen molar-refractivity contribution in [3.05, 3.63) is 82.2 Å². The lowest BCUT2D eigenvalue weighted by molar-refractivity contribution is 0.0945. The first-order chi connectivity index (χ1) is 12.1. The number of nitrogens with zero attached hydrogens (tertiary/aromatic N) is 2. The summed E-state index contributed by atoms with van der Waals surface area (Å²) in [6, 6.07) is 15.7. The molecule has 0 saturated heterocycles. The zero-order chi connectivity index (χ0) is 17.6. The predicted octanol–water partition coefficient (Wildman–Crippen LogP) is 4.22. The van der Waals surface area contributed by atoms with Crippen LogP contribution >= 0.6 is 15.9 Å². The molecule has 6 heteroatoms. The number of nitrogens with one attached hydrogen (secondary N) is 2. The van der Waals surface area contributed by atoms with Gasteiger partial charge in [0, 0.05) is 16.7 Å². The van der Waals surface area contributed by atoms with E-state index in [9.17, 15) is 4.79 Å². The molecular formula is C19H17BrN4O. The number of benzene rings is 2. The molecule has 0 spiro atoms. The fourth-order valence-corrected chi connectivity index (χ4v) is 2.58. The number of aromatic nitrogens is 2. The Morgan fingerprint density at radius 2 is 1.88 bits per heavy atom. The molecule has 0 atom stereocenters. The lowest BCUT2D eigenvalue weighted by Crippen LogP contribution is -2.24. The average Bonchev–Trinajstić information content (AvgIpc) is 2.64. The Hall–Kier alpha value is -2.73. The Labute approximate surface area is 154 Å². The SMILES string of the molecule is Cc1ccc(Nc2cnc(C(=O)NCc3ccccc3)cn2)cc1Br. The van der Waals surface area contributed by atoms with Gasteiger partial charge in [-0.05, 0) is 30.2 Å². The summed E-state index contributed by atoms with van der Waals surface area (Å²) in [5.41, 5.74) is 3.37. The maximum atomic E-state index is 12.1. The average molecular weight is 397 g/mol. The van der Waals surface area contributed by atoms with Crippen LogP contribution in [0.5, 0.6) is 0 Å². The van der Waals surface area contributed by atoms with Gasteiger partial charge in [-0.1, -0.05) is 52.3 Å². The van der Waals surface area contributed by atoms with Crippen LogP contribution in [-0.2, 0) is 6.54 Å². The van der Waals surface area contributed by atoms with E-state index in [4.69, 9.17) is 0 Å². The number of hydrogen-bond acceptors (Lipinski definition) is 4. The second-order valence-electron chi connectivity index (χ2n) is 5.54. The van der Waals surface area contributed by atoms with Crippen molar-refractivity contribution >= 4 is 33.3 Å². The van der Waals surface area contributed by atoms with Crippen molar-refractivity contribution in [2.75, 3.05) is 5.32 Å². The summed E-state index contributed by atoms with van der Waals surface area (Å²) in [5.74, 6) is 0.330. The molecule has 2 N–H and O–H groups in total. The standard InChI is InChI=1S/C19H17BrN4O/c1-13-7-8-15(9-16(13)20)24-18-12-21-17(11-22-18)19(25)23-10-14-5-3-2-4-6-14/h2-9,11-12H,10H2,1H3,(H,22,24)(H,23,25). The number of aryl methyl sites for hydroxylation is 1. The minimum Gasteiger partial charge on any atom is -0.347 e. The Kier molecular flexibility index (Phi) is 5.40. The molecule has 3 aromatic rings. The number of carbonyl (C=O) groups excluding carboxylic acids is 1. The van der Waals surface area contributed by atoms with Crippen molar-refractivity contribution in [1.29, 1.82) is 0 Å². The van der Waals surface area contributed by atoms with Crippen LogP contribution in [0.3, 0.4) is 0 Å². The maximum Gasteiger partial charge on any atom is 0.271 e. The van der Waals surface area contributed by atoms with Gasteiger partial charge in [0.2, 0.25) is 0 Å². The number of halogens is 1. The third kappa shape index (κ3) is 4.64. The largest absolute Gasteiger partial charge is 0.347 e. The molecule has 0 fully saturated rings. The second kappa shape index (κ2) is 7.90. The summed E-state index contributed by atoms with van der Waals surface area (Å²) in [6.07, 6.45) is 3.01. The highest BCUT2D eigenvalue weighted by Gasteiger charge is 2.08. The molecule has 126 valence electrons. The third-order valence-electron chi connectivity index (χ3n) is 3.62. The van der Waals surface area contributed by atoms with Crippen molar-refractivity contribution in [2.45, 2.75) is 13.5 Å². The number of carbonyl (C=O) groups is 1. The summed E-state index contributed by atoms with van der Waals surface area (Å²) in [7, 11) is 0. The molecule has 0 saturated carbocycles. The van der Waals surface area contributed by atoms with Crippen LogP contribution in [-0.4, -0.2) is 15.9 Å². The van der Waals surface area contributed by atoms with Crippen molar-refractivity contribution in [2.24, 2.45) is 0 Å². The first-order valence-electron chi connectivity index (χ1n) is 7.79. The zero-order valence-electron chi connectivity index (χ0n) is 13.7. The normalized spacial score (nSPS) is 10.3. The number of amides is 1. The lowest BCUT2D eigenvalue weighted by atomic mass is 10.2. The number of rotatable bonds is 5. The highest BCUT2D eigenvalue weighted by Crippen LogP contribution is 2.22. The number of hydrogen-bond donors (Lipinski definition) is 2. The maximum absolute atomic E-state index is 12.1. The first-order valence-corrected chi connectivity index (χ1v) is 8.58. The van der Waals surface area contributed by atoms with Crippen LogP contribution in [0.25, 0.3) is 0 Å². The molecule has 25 heavy (non-hydrogen) atoms. The molecule has 0 bridgehead atoms. The van der Waals surface area contributed by atoms with Gasteiger partial charge in [-0.2, -0.15) is 0 Å². The Balaban J connectivity index is 1.61. The van der Waals surface area contributed by atoms with Crippen LogP contribution in [0.2, 0.25) is 0 Å². The molecule has 0 unspecified atom stereocenters. The molecular weight excluding hydrogens is 380 g/mol. The van der Waals surface area contributed by atoms with E-state index < -0.39 is 0 Å². The van der Waals surface area contributed by atoms with E-state index in [0.717, 1.165) is 21.3 Å². The summed E-state index contributed by atoms with van der Waals surface area (Å²) < 4.78 is 1.02. The highest BCUT2D eigenvalue weighted by atomic mass is 79.9. The van der Waals surface area contributed by atoms with Gasteiger partial charge in [0.05, 0.1) is 12.4 Å². The van der Waals surface area contributed by atoms with Gasteiger partial charge in [0.1, 0.15) is 11.5 Å². The summed E-state index contributed by atoms with van der Waals surface area (Å²) >= 11 is 3.50. The summed E-state index contributed by atoms with van der Waals surface area (Å²) in [4.78, 5) is 20.6. The van der Waals surface area contributed by atoms with Crippen LogP contribution in [0.15, 0.2) is 65.4 Å². The van der Waals surface area contributed by atoms with Gasteiger partial charge < -0.3 is 10.6 Å². The third-order valence-corrected chi connectivity index (χ3v) is 4.48. The molecule has 0 aliphatic carbocycles. The molecule has 0 aliphatic rings. The van der Waals surface area contributed by atoms with E-state index in [2.05, 4.69) is 36.5 Å². The summed E-state index contributed by atoms with van der Waals surface area (Å²) in [5, 5.41) is 5.99. The van der Waals surface area contributed by atoms with Gasteiger partial charge in [-0.25, -0.2) is 9.97 Å². The topological polar surface area (TPSA) is 66.9 Å². The van der Waals surface area contributed by atoms with E-state index >= 15 is 0 Å². The molecule has 5 nitrogen and oxygen atoms in total. The fraction of sp³-hybridized carbons (Fsp3) is 0.105. The van der Waals surface area contributed by atoms with E-state index in [0.29, 0.717) is 12.4 Å². The quantitative estimate of drug-likeness (QED) is 0.677. The molecule has 2 aromatic carbocycles. The molecule has 3 rings (SSSR count). The lowest BCUT2D eigenvalue weighted by Gasteiger charge is -2.08. The molecule has 1 heterocycles. The van der Waals surface area contributed by atoms with Crippen LogP contribution in [0.1, 0.15) is 21.6 Å². The van der Waals surface area contributed by atoms with E-state index in [1.54, 1.807) is 6.20 Å². The monoisotopic (exact) mass is 396 g/mol. The number of anilines is 2. The van der Waals surface area contributed by atoms with E-state index in [1.165, 1.54) is 6.20 Å². The van der Waals surface area contributed by atoms with Crippen LogP contribution in [0.4, 0.5) is 11.5 Å². The molecule has 1 amide bonds.